The highest BCUT2D eigenvalue weighted by Crippen LogP contribution is 2.23. The van der Waals surface area contributed by atoms with Crippen LogP contribution in [0, 0.1) is 5.21 Å². The van der Waals surface area contributed by atoms with E-state index < -0.39 is 16.5 Å². The molecule has 0 aliphatic carbocycles. The van der Waals surface area contributed by atoms with Gasteiger partial charge in [-0.3, -0.25) is 0 Å². The minimum Gasteiger partial charge on any atom is -0.633 e. The predicted molar refractivity (Wildman–Crippen MR) is 84.0 cm³/mol. The average Bonchev–Trinajstić information content (AvgIpc) is 2.28. The number of quaternary nitrogens is 1. The molecule has 1 atom stereocenters. The molecule has 0 aliphatic rings. The summed E-state index contributed by atoms with van der Waals surface area (Å²) in [5.74, 6) is -1.90. The fraction of sp³-hybridized carbons (Fsp3) is 1.00. The fourth-order valence-corrected chi connectivity index (χ4v) is 2.82. The summed E-state index contributed by atoms with van der Waals surface area (Å²) in [5.41, 5.74) is 0. The Kier molecular flexibility index (Phi) is 9.64. The molecule has 0 radical (unpaired) electrons. The molecule has 0 bridgehead atoms. The number of likely N-dealkylation sites (N-methyl/N-ethyl adjacent to an activating group) is 1. The molecule has 0 saturated carbocycles. The normalized spacial score (nSPS) is 14.6. The van der Waals surface area contributed by atoms with E-state index in [2.05, 4.69) is 6.92 Å². The second-order valence-corrected chi connectivity index (χ2v) is 6.66. The predicted octanol–water partition coefficient (Wildman–Crippen LogP) is 3.55. The lowest BCUT2D eigenvalue weighted by Crippen LogP contribution is -2.56. The smallest absolute Gasteiger partial charge is 0.214 e. The number of rotatable bonds is 12. The number of nitrogens with zero attached hydrogens (tertiary/aromatic N) is 1. The van der Waals surface area contributed by atoms with E-state index in [4.69, 9.17) is 0 Å². The first-order chi connectivity index (χ1) is 9.19. The van der Waals surface area contributed by atoms with E-state index in [1.54, 1.807) is 0 Å². The molecule has 0 spiro atoms. The van der Waals surface area contributed by atoms with Gasteiger partial charge in [0.25, 0.3) is 0 Å². The molecule has 0 aromatic heterocycles. The maximum Gasteiger partial charge on any atom is 0.214 e. The van der Waals surface area contributed by atoms with E-state index in [1.165, 1.54) is 66.0 Å². The van der Waals surface area contributed by atoms with Crippen LogP contribution in [0.5, 0.6) is 0 Å². The molecule has 0 saturated heterocycles. The summed E-state index contributed by atoms with van der Waals surface area (Å²) in [6.45, 7) is 3.53. The van der Waals surface area contributed by atoms with Gasteiger partial charge in [0.1, 0.15) is 6.04 Å². The first kappa shape index (κ1) is 19.8. The number of hydrogen-bond acceptors (Lipinski definition) is 3. The molecule has 2 N–H and O–H groups in total. The van der Waals surface area contributed by atoms with Crippen LogP contribution < -0.4 is 0 Å². The zero-order chi connectivity index (χ0) is 15.6. The van der Waals surface area contributed by atoms with E-state index in [0.29, 0.717) is 6.42 Å². The molecule has 0 amide bonds. The van der Waals surface area contributed by atoms with Crippen molar-refractivity contribution >= 4 is 0 Å². The van der Waals surface area contributed by atoms with E-state index >= 15 is 0 Å². The Morgan fingerprint density at radius 3 is 1.65 bits per heavy atom. The van der Waals surface area contributed by atoms with Crippen LogP contribution >= 0.6 is 0 Å². The second-order valence-electron chi connectivity index (χ2n) is 6.66. The summed E-state index contributed by atoms with van der Waals surface area (Å²) in [7, 11) is 2.95. The van der Waals surface area contributed by atoms with Gasteiger partial charge in [-0.2, -0.15) is 0 Å². The summed E-state index contributed by atoms with van der Waals surface area (Å²) < 4.78 is -0.652. The monoisotopic (exact) mass is 289 g/mol. The van der Waals surface area contributed by atoms with Gasteiger partial charge in [-0.05, 0) is 13.3 Å². The second kappa shape index (κ2) is 9.72. The highest BCUT2D eigenvalue weighted by Gasteiger charge is 2.37. The van der Waals surface area contributed by atoms with Crippen molar-refractivity contribution in [2.24, 2.45) is 0 Å². The lowest BCUT2D eigenvalue weighted by atomic mass is 9.99. The van der Waals surface area contributed by atoms with Gasteiger partial charge < -0.3 is 20.1 Å². The average molecular weight is 289 g/mol. The Morgan fingerprint density at radius 1 is 0.900 bits per heavy atom. The number of hydrogen-bond donors (Lipinski definition) is 2. The van der Waals surface area contributed by atoms with Crippen LogP contribution in [0.4, 0.5) is 0 Å². The van der Waals surface area contributed by atoms with Gasteiger partial charge in [-0.25, -0.2) is 0 Å². The van der Waals surface area contributed by atoms with Gasteiger partial charge in [-0.15, -0.1) is 0 Å². The van der Waals surface area contributed by atoms with E-state index in [1.807, 2.05) is 0 Å². The van der Waals surface area contributed by atoms with Crippen molar-refractivity contribution in [1.82, 2.24) is 0 Å². The Balaban J connectivity index is 3.71. The molecule has 0 rings (SSSR count). The molecule has 1 unspecified atom stereocenters. The highest BCUT2D eigenvalue weighted by atomic mass is 16.6. The zero-order valence-corrected chi connectivity index (χ0v) is 13.9. The number of aliphatic hydroxyl groups is 2. The first-order valence-electron chi connectivity index (χ1n) is 8.19. The highest BCUT2D eigenvalue weighted by molar-refractivity contribution is 4.72. The SMILES string of the molecule is CCCCCCCCCCCC(C(C)(O)O)[N+](C)(C)[O-]. The summed E-state index contributed by atoms with van der Waals surface area (Å²) in [5, 5.41) is 31.3. The van der Waals surface area contributed by atoms with Gasteiger partial charge in [0.05, 0.1) is 14.1 Å². The standard InChI is InChI=1S/C16H35NO3/c1-5-6-7-8-9-10-11-12-13-14-15(16(2,18)19)17(3,4)20/h15,18-19H,5-14H2,1-4H3. The Bertz CT molecular complexity index is 217. The van der Waals surface area contributed by atoms with Crippen LogP contribution in [-0.2, 0) is 0 Å². The van der Waals surface area contributed by atoms with Crippen LogP contribution in [-0.4, -0.2) is 40.8 Å². The molecule has 4 nitrogen and oxygen atoms in total. The van der Waals surface area contributed by atoms with Gasteiger partial charge >= 0.3 is 0 Å². The van der Waals surface area contributed by atoms with Crippen molar-refractivity contribution in [2.45, 2.75) is 89.9 Å². The van der Waals surface area contributed by atoms with Crippen LogP contribution in [0.2, 0.25) is 0 Å². The molecule has 122 valence electrons. The maximum atomic E-state index is 11.9. The molecule has 20 heavy (non-hydrogen) atoms. The Morgan fingerprint density at radius 2 is 1.30 bits per heavy atom. The third-order valence-electron chi connectivity index (χ3n) is 3.96. The van der Waals surface area contributed by atoms with Crippen molar-refractivity contribution in [2.75, 3.05) is 14.1 Å². The Labute approximate surface area is 125 Å². The summed E-state index contributed by atoms with van der Waals surface area (Å²) in [6, 6.07) is -0.674. The topological polar surface area (TPSA) is 63.5 Å². The lowest BCUT2D eigenvalue weighted by Gasteiger charge is -2.46. The molecule has 0 aromatic carbocycles. The third kappa shape index (κ3) is 9.70. The molecular formula is C16H35NO3. The molecule has 0 heterocycles. The van der Waals surface area contributed by atoms with Crippen LogP contribution in [0.15, 0.2) is 0 Å². The molecule has 4 heteroatoms. The number of unbranched alkanes of at least 4 members (excludes halogenated alkanes) is 8. The minimum atomic E-state index is -1.90. The van der Waals surface area contributed by atoms with Gasteiger partial charge in [0.15, 0.2) is 0 Å². The Hall–Kier alpha value is -0.160. The van der Waals surface area contributed by atoms with E-state index in [-0.39, 0.29) is 0 Å². The third-order valence-corrected chi connectivity index (χ3v) is 3.96. The van der Waals surface area contributed by atoms with Gasteiger partial charge in [-0.1, -0.05) is 58.3 Å². The first-order valence-corrected chi connectivity index (χ1v) is 8.19. The fourth-order valence-electron chi connectivity index (χ4n) is 2.82. The number of hydroxylamine groups is 3. The summed E-state index contributed by atoms with van der Waals surface area (Å²) in [4.78, 5) is 0. The van der Waals surface area contributed by atoms with Crippen molar-refractivity contribution in [1.29, 1.82) is 0 Å². The van der Waals surface area contributed by atoms with Crippen molar-refractivity contribution < 1.29 is 14.9 Å². The summed E-state index contributed by atoms with van der Waals surface area (Å²) in [6.07, 6.45) is 11.5. The zero-order valence-electron chi connectivity index (χ0n) is 13.9. The van der Waals surface area contributed by atoms with E-state index in [9.17, 15) is 15.4 Å². The maximum absolute atomic E-state index is 11.9. The van der Waals surface area contributed by atoms with Crippen molar-refractivity contribution in [3.05, 3.63) is 5.21 Å². The molecule has 0 aromatic rings. The van der Waals surface area contributed by atoms with Crippen LogP contribution in [0.3, 0.4) is 0 Å². The summed E-state index contributed by atoms with van der Waals surface area (Å²) >= 11 is 0. The van der Waals surface area contributed by atoms with Gasteiger partial charge in [0, 0.05) is 6.42 Å². The van der Waals surface area contributed by atoms with Crippen LogP contribution in [0.25, 0.3) is 0 Å². The quantitative estimate of drug-likeness (QED) is 0.250. The minimum absolute atomic E-state index is 0.565. The lowest BCUT2D eigenvalue weighted by molar-refractivity contribution is -0.880. The van der Waals surface area contributed by atoms with Crippen LogP contribution in [0.1, 0.15) is 78.1 Å². The van der Waals surface area contributed by atoms with Gasteiger partial charge in [0.2, 0.25) is 5.79 Å². The van der Waals surface area contributed by atoms with Crippen molar-refractivity contribution in [3.63, 3.8) is 0 Å². The van der Waals surface area contributed by atoms with Crippen molar-refractivity contribution in [3.8, 4) is 0 Å². The molecular weight excluding hydrogens is 254 g/mol. The van der Waals surface area contributed by atoms with E-state index in [0.717, 1.165) is 12.8 Å². The molecule has 0 aliphatic heterocycles. The molecule has 0 fully saturated rings. The largest absolute Gasteiger partial charge is 0.633 e.